The van der Waals surface area contributed by atoms with Gasteiger partial charge in [0.1, 0.15) is 11.3 Å². The number of allylic oxidation sites excluding steroid dienone is 1. The predicted octanol–water partition coefficient (Wildman–Crippen LogP) is 7.77. The van der Waals surface area contributed by atoms with Gasteiger partial charge in [-0.15, -0.1) is 0 Å². The molecule has 9 nitrogen and oxygen atoms in total. The predicted molar refractivity (Wildman–Crippen MR) is 208 cm³/mol. The fourth-order valence-corrected chi connectivity index (χ4v) is 8.02. The quantitative estimate of drug-likeness (QED) is 0.114. The molecule has 6 rings (SSSR count). The summed E-state index contributed by atoms with van der Waals surface area (Å²) in [6.45, 7) is 15.0. The van der Waals surface area contributed by atoms with Crippen molar-refractivity contribution in [2.24, 2.45) is 17.8 Å². The molecular formula is C37H56N8OP2. The molecule has 5 N–H and O–H groups in total. The third kappa shape index (κ3) is 7.46. The maximum atomic E-state index is 12.1. The van der Waals surface area contributed by atoms with E-state index in [0.717, 1.165) is 98.3 Å². The zero-order chi connectivity index (χ0) is 34.0. The van der Waals surface area contributed by atoms with Gasteiger partial charge in [-0.2, -0.15) is 0 Å². The number of hydrogen-bond acceptors (Lipinski definition) is 7. The molecular weight excluding hydrogens is 634 g/mol. The lowest BCUT2D eigenvalue weighted by Crippen LogP contribution is -2.40. The molecule has 1 saturated heterocycles. The molecule has 0 amide bonds. The van der Waals surface area contributed by atoms with Crippen LogP contribution in [0.2, 0.25) is 0 Å². The van der Waals surface area contributed by atoms with E-state index in [9.17, 15) is 5.11 Å². The Hall–Kier alpha value is -2.54. The Morgan fingerprint density at radius 3 is 2.23 bits per heavy atom. The Bertz CT molecular complexity index is 1720. The molecule has 11 heteroatoms. The average molecular weight is 691 g/mol. The van der Waals surface area contributed by atoms with Crippen molar-refractivity contribution in [2.45, 2.75) is 90.8 Å². The highest BCUT2D eigenvalue weighted by atomic mass is 31.0. The molecule has 260 valence electrons. The number of pyridine rings is 2. The molecule has 4 aromatic heterocycles. The SMILES string of the molecule is CCC(CNc1cnc2[nH]cc(/C3=C/CC(C)N(P)CCC3C)c2c1)CNc1cnc2[nH]cc(C3(O)CCC(C)N(P)CCC3C)c2c1. The van der Waals surface area contributed by atoms with E-state index in [1.54, 1.807) is 0 Å². The largest absolute Gasteiger partial charge is 0.385 e. The molecule has 6 heterocycles. The van der Waals surface area contributed by atoms with Gasteiger partial charge in [0.05, 0.1) is 29.4 Å². The first-order valence-electron chi connectivity index (χ1n) is 17.9. The number of nitrogens with one attached hydrogen (secondary N) is 4. The van der Waals surface area contributed by atoms with Gasteiger partial charge in [-0.1, -0.05) is 45.6 Å². The number of rotatable bonds is 9. The van der Waals surface area contributed by atoms with Crippen LogP contribution in [0.25, 0.3) is 27.6 Å². The van der Waals surface area contributed by atoms with E-state index >= 15 is 0 Å². The average Bonchev–Trinajstić information content (AvgIpc) is 3.71. The van der Waals surface area contributed by atoms with Gasteiger partial charge in [0.25, 0.3) is 0 Å². The van der Waals surface area contributed by atoms with Crippen molar-refractivity contribution in [3.05, 3.63) is 54.1 Å². The minimum absolute atomic E-state index is 0.136. The van der Waals surface area contributed by atoms with Crippen molar-refractivity contribution in [3.8, 4) is 0 Å². The van der Waals surface area contributed by atoms with E-state index in [4.69, 9.17) is 9.97 Å². The van der Waals surface area contributed by atoms with Crippen molar-refractivity contribution in [1.82, 2.24) is 29.3 Å². The lowest BCUT2D eigenvalue weighted by Gasteiger charge is -2.40. The molecule has 1 fully saturated rings. The van der Waals surface area contributed by atoms with Crippen molar-refractivity contribution in [1.29, 1.82) is 0 Å². The number of fused-ring (bicyclic) bond motifs is 2. The van der Waals surface area contributed by atoms with Crippen LogP contribution in [0.5, 0.6) is 0 Å². The van der Waals surface area contributed by atoms with Crippen molar-refractivity contribution < 1.29 is 5.11 Å². The van der Waals surface area contributed by atoms with Gasteiger partial charge in [-0.25, -0.2) is 9.97 Å². The smallest absolute Gasteiger partial charge is 0.138 e. The summed E-state index contributed by atoms with van der Waals surface area (Å²) in [6.07, 6.45) is 16.2. The van der Waals surface area contributed by atoms with Crippen LogP contribution in [-0.4, -0.2) is 72.6 Å². The normalized spacial score (nSPS) is 28.3. The van der Waals surface area contributed by atoms with Crippen LogP contribution in [0.15, 0.2) is 43.0 Å². The van der Waals surface area contributed by atoms with Gasteiger partial charge < -0.3 is 25.7 Å². The standard InChI is InChI=1S/C37H56N8OP2/c1-6-27(17-38-28-15-31-33(21-42-35(31)40-19-28)30-8-7-25(4)44(47)13-10-23(30)2)18-39-29-16-32-34(22-43-36(32)41-20-29)37(46)12-9-26(5)45(48)14-11-24(37)3/h8,15-16,19-27,38-39,46H,6-7,9-14,17-18,47-48H2,1-5H3,(H,40,42)(H,41,43)/b30-8+. The van der Waals surface area contributed by atoms with Crippen LogP contribution in [0.1, 0.15) is 84.3 Å². The van der Waals surface area contributed by atoms with E-state index in [1.165, 1.54) is 16.5 Å². The molecule has 48 heavy (non-hydrogen) atoms. The lowest BCUT2D eigenvalue weighted by atomic mass is 9.76. The minimum Gasteiger partial charge on any atom is -0.385 e. The Kier molecular flexibility index (Phi) is 11.1. The molecule has 0 aromatic carbocycles. The highest BCUT2D eigenvalue weighted by Crippen LogP contribution is 2.42. The summed E-state index contributed by atoms with van der Waals surface area (Å²) < 4.78 is 4.72. The van der Waals surface area contributed by atoms with Crippen molar-refractivity contribution in [3.63, 3.8) is 0 Å². The maximum absolute atomic E-state index is 12.1. The Morgan fingerprint density at radius 2 is 1.52 bits per heavy atom. The Morgan fingerprint density at radius 1 is 0.896 bits per heavy atom. The van der Waals surface area contributed by atoms with E-state index in [-0.39, 0.29) is 5.92 Å². The summed E-state index contributed by atoms with van der Waals surface area (Å²) >= 11 is 0. The minimum atomic E-state index is -0.887. The summed E-state index contributed by atoms with van der Waals surface area (Å²) in [5, 5.41) is 21.7. The van der Waals surface area contributed by atoms with Gasteiger partial charge in [0.2, 0.25) is 0 Å². The second-order valence-corrected chi connectivity index (χ2v) is 15.9. The monoisotopic (exact) mass is 690 g/mol. The third-order valence-corrected chi connectivity index (χ3v) is 12.9. The molecule has 8 atom stereocenters. The number of aromatic nitrogens is 4. The molecule has 0 spiro atoms. The third-order valence-electron chi connectivity index (χ3n) is 11.3. The molecule has 2 aliphatic heterocycles. The van der Waals surface area contributed by atoms with Gasteiger partial charge in [0.15, 0.2) is 0 Å². The summed E-state index contributed by atoms with van der Waals surface area (Å²) in [5.74, 6) is 1.02. The summed E-state index contributed by atoms with van der Waals surface area (Å²) in [7, 11) is 5.77. The summed E-state index contributed by atoms with van der Waals surface area (Å²) in [5.41, 5.74) is 6.57. The van der Waals surface area contributed by atoms with Gasteiger partial charge in [-0.3, -0.25) is 9.34 Å². The summed E-state index contributed by atoms with van der Waals surface area (Å²) in [6, 6.07) is 5.34. The fourth-order valence-electron chi connectivity index (χ4n) is 7.45. The first-order valence-corrected chi connectivity index (χ1v) is 19.0. The first-order chi connectivity index (χ1) is 23.1. The number of H-pyrrole nitrogens is 2. The number of nitrogens with zero attached hydrogens (tertiary/aromatic N) is 4. The van der Waals surface area contributed by atoms with Crippen LogP contribution < -0.4 is 10.6 Å². The van der Waals surface area contributed by atoms with Crippen LogP contribution in [0.4, 0.5) is 11.4 Å². The van der Waals surface area contributed by atoms with E-state index in [0.29, 0.717) is 23.9 Å². The molecule has 4 aromatic rings. The highest BCUT2D eigenvalue weighted by molar-refractivity contribution is 7.13. The molecule has 0 radical (unpaired) electrons. The number of aromatic amines is 2. The zero-order valence-corrected chi connectivity index (χ0v) is 31.7. The topological polar surface area (TPSA) is 108 Å². The van der Waals surface area contributed by atoms with E-state index in [2.05, 4.69) is 108 Å². The second kappa shape index (κ2) is 15.1. The van der Waals surface area contributed by atoms with E-state index in [1.807, 2.05) is 18.6 Å². The number of hydrogen-bond donors (Lipinski definition) is 5. The number of anilines is 2. The number of aliphatic hydroxyl groups is 1. The zero-order valence-electron chi connectivity index (χ0n) is 29.4. The summed E-state index contributed by atoms with van der Waals surface area (Å²) in [4.78, 5) is 16.3. The fraction of sp³-hybridized carbons (Fsp3) is 0.568. The van der Waals surface area contributed by atoms with Gasteiger partial charge in [-0.05, 0) is 87.8 Å². The van der Waals surface area contributed by atoms with Crippen LogP contribution >= 0.6 is 18.8 Å². The molecule has 8 unspecified atom stereocenters. The molecule has 2 aliphatic rings. The second-order valence-electron chi connectivity index (χ2n) is 14.6. The molecule has 0 aliphatic carbocycles. The maximum Gasteiger partial charge on any atom is 0.138 e. The molecule has 0 saturated carbocycles. The lowest BCUT2D eigenvalue weighted by molar-refractivity contribution is -0.0405. The Labute approximate surface area is 291 Å². The van der Waals surface area contributed by atoms with Crippen molar-refractivity contribution in [2.75, 3.05) is 36.8 Å². The van der Waals surface area contributed by atoms with Crippen LogP contribution in [0, 0.1) is 17.8 Å². The van der Waals surface area contributed by atoms with Gasteiger partial charge >= 0.3 is 0 Å². The first kappa shape index (κ1) is 35.3. The Balaban J connectivity index is 1.13. The highest BCUT2D eigenvalue weighted by Gasteiger charge is 2.39. The van der Waals surface area contributed by atoms with Gasteiger partial charge in [0, 0.05) is 72.6 Å². The van der Waals surface area contributed by atoms with Crippen LogP contribution in [0.3, 0.4) is 0 Å². The van der Waals surface area contributed by atoms with E-state index < -0.39 is 5.60 Å². The van der Waals surface area contributed by atoms with Crippen LogP contribution in [-0.2, 0) is 5.60 Å². The van der Waals surface area contributed by atoms with Crippen molar-refractivity contribution >= 4 is 57.8 Å². The molecule has 0 bridgehead atoms.